The second-order valence-electron chi connectivity index (χ2n) is 7.63. The largest absolute Gasteiger partial charge is 0.462 e. The summed E-state index contributed by atoms with van der Waals surface area (Å²) in [5.41, 5.74) is 4.23. The molecule has 9 heteroatoms. The molecule has 1 aromatic rings. The minimum Gasteiger partial charge on any atom is -0.462 e. The third-order valence-electron chi connectivity index (χ3n) is 5.09. The minimum atomic E-state index is -0.769. The van der Waals surface area contributed by atoms with E-state index in [9.17, 15) is 14.0 Å². The van der Waals surface area contributed by atoms with E-state index in [0.29, 0.717) is 12.2 Å². The molecule has 1 aliphatic rings. The molecular formula is C21H34FN3O4S. The highest BCUT2D eigenvalue weighted by atomic mass is 32.2. The lowest BCUT2D eigenvalue weighted by Crippen LogP contribution is -2.30. The summed E-state index contributed by atoms with van der Waals surface area (Å²) in [4.78, 5) is 27.2. The number of carbonyl (C=O) groups is 1. The van der Waals surface area contributed by atoms with E-state index in [2.05, 4.69) is 11.9 Å². The maximum absolute atomic E-state index is 13.6. The molecule has 2 rings (SSSR count). The summed E-state index contributed by atoms with van der Waals surface area (Å²) in [5.74, 6) is -1.00. The number of carbonyl (C=O) groups excluding carboxylic acids is 1. The molecule has 2 heterocycles. The Hall–Kier alpha value is -1.61. The summed E-state index contributed by atoms with van der Waals surface area (Å²) in [5, 5.41) is 0. The predicted molar refractivity (Wildman–Crippen MR) is 117 cm³/mol. The maximum atomic E-state index is 13.6. The lowest BCUT2D eigenvalue weighted by Gasteiger charge is -2.15. The van der Waals surface area contributed by atoms with Gasteiger partial charge in [-0.2, -0.15) is 4.98 Å². The molecular weight excluding hydrogens is 409 g/mol. The number of hydrogen-bond donors (Lipinski definition) is 1. The number of aromatic nitrogens is 2. The van der Waals surface area contributed by atoms with Crippen molar-refractivity contribution in [3.05, 3.63) is 22.5 Å². The van der Waals surface area contributed by atoms with Gasteiger partial charge in [-0.3, -0.25) is 9.36 Å². The Morgan fingerprint density at radius 3 is 2.53 bits per heavy atom. The van der Waals surface area contributed by atoms with Crippen molar-refractivity contribution >= 4 is 23.5 Å². The second-order valence-corrected chi connectivity index (χ2v) is 8.82. The topological polar surface area (TPSA) is 96.4 Å². The summed E-state index contributed by atoms with van der Waals surface area (Å²) < 4.78 is 25.6. The molecule has 0 saturated carbocycles. The minimum absolute atomic E-state index is 0.109. The van der Waals surface area contributed by atoms with Crippen molar-refractivity contribution in [3.8, 4) is 0 Å². The quantitative estimate of drug-likeness (QED) is 0.336. The van der Waals surface area contributed by atoms with Gasteiger partial charge in [0.15, 0.2) is 11.6 Å². The van der Waals surface area contributed by atoms with Crippen LogP contribution in [0.2, 0.25) is 0 Å². The Morgan fingerprint density at radius 1 is 1.23 bits per heavy atom. The summed E-state index contributed by atoms with van der Waals surface area (Å²) in [6, 6.07) is 0. The van der Waals surface area contributed by atoms with Crippen molar-refractivity contribution in [1.82, 2.24) is 9.55 Å². The van der Waals surface area contributed by atoms with Gasteiger partial charge in [0.1, 0.15) is 18.3 Å². The molecule has 0 spiro atoms. The van der Waals surface area contributed by atoms with Crippen molar-refractivity contribution in [2.45, 2.75) is 89.2 Å². The number of rotatable bonds is 14. The summed E-state index contributed by atoms with van der Waals surface area (Å²) in [6.07, 6.45) is 12.9. The van der Waals surface area contributed by atoms with E-state index < -0.39 is 23.6 Å². The molecule has 0 aromatic carbocycles. The van der Waals surface area contributed by atoms with Gasteiger partial charge in [-0.15, -0.1) is 11.8 Å². The Labute approximate surface area is 181 Å². The lowest BCUT2D eigenvalue weighted by atomic mass is 10.1. The highest BCUT2D eigenvalue weighted by molar-refractivity contribution is 8.00. The van der Waals surface area contributed by atoms with Gasteiger partial charge in [-0.1, -0.05) is 64.7 Å². The number of nitrogen functional groups attached to an aromatic ring is 1. The van der Waals surface area contributed by atoms with Gasteiger partial charge in [0.2, 0.25) is 0 Å². The average molecular weight is 444 g/mol. The Balaban J connectivity index is 1.54. The van der Waals surface area contributed by atoms with Crippen LogP contribution in [0.4, 0.5) is 10.2 Å². The molecule has 1 aliphatic heterocycles. The van der Waals surface area contributed by atoms with E-state index in [1.165, 1.54) is 56.7 Å². The molecule has 0 bridgehead atoms. The van der Waals surface area contributed by atoms with Crippen LogP contribution in [0.15, 0.2) is 11.0 Å². The van der Waals surface area contributed by atoms with Gasteiger partial charge in [0.25, 0.3) is 0 Å². The van der Waals surface area contributed by atoms with Crippen molar-refractivity contribution in [2.24, 2.45) is 0 Å². The molecule has 30 heavy (non-hydrogen) atoms. The van der Waals surface area contributed by atoms with E-state index in [0.717, 1.165) is 30.0 Å². The average Bonchev–Trinajstić information content (AvgIpc) is 3.19. The fourth-order valence-electron chi connectivity index (χ4n) is 3.33. The van der Waals surface area contributed by atoms with Crippen LogP contribution in [0.5, 0.6) is 0 Å². The van der Waals surface area contributed by atoms with E-state index in [1.807, 2.05) is 0 Å². The summed E-state index contributed by atoms with van der Waals surface area (Å²) in [7, 11) is 0. The van der Waals surface area contributed by atoms with E-state index in [-0.39, 0.29) is 18.0 Å². The number of nitrogens with zero attached hydrogens (tertiary/aromatic N) is 2. The zero-order valence-electron chi connectivity index (χ0n) is 17.8. The van der Waals surface area contributed by atoms with Crippen LogP contribution in [0.25, 0.3) is 0 Å². The van der Waals surface area contributed by atoms with Crippen molar-refractivity contribution in [3.63, 3.8) is 0 Å². The Kier molecular flexibility index (Phi) is 11.2. The first-order valence-electron chi connectivity index (χ1n) is 11.0. The highest BCUT2D eigenvalue weighted by Crippen LogP contribution is 2.31. The van der Waals surface area contributed by atoms with Crippen LogP contribution in [0.1, 0.15) is 83.8 Å². The van der Waals surface area contributed by atoms with Crippen LogP contribution < -0.4 is 11.4 Å². The number of nitrogens with two attached hydrogens (primary N) is 1. The first kappa shape index (κ1) is 24.7. The summed E-state index contributed by atoms with van der Waals surface area (Å²) in [6.45, 7) is 2.34. The van der Waals surface area contributed by atoms with Gasteiger partial charge in [-0.05, 0) is 6.42 Å². The zero-order chi connectivity index (χ0) is 21.8. The molecule has 2 N–H and O–H groups in total. The van der Waals surface area contributed by atoms with Gasteiger partial charge >= 0.3 is 11.7 Å². The molecule has 7 nitrogen and oxygen atoms in total. The monoisotopic (exact) mass is 443 g/mol. The van der Waals surface area contributed by atoms with Gasteiger partial charge in [0.05, 0.1) is 6.20 Å². The third kappa shape index (κ3) is 8.63. The molecule has 1 fully saturated rings. The van der Waals surface area contributed by atoms with Crippen LogP contribution in [0.3, 0.4) is 0 Å². The lowest BCUT2D eigenvalue weighted by molar-refractivity contribution is -0.147. The normalized spacial score (nSPS) is 18.6. The van der Waals surface area contributed by atoms with Gasteiger partial charge in [0, 0.05) is 12.2 Å². The Morgan fingerprint density at radius 2 is 1.87 bits per heavy atom. The zero-order valence-corrected chi connectivity index (χ0v) is 18.6. The van der Waals surface area contributed by atoms with Crippen LogP contribution >= 0.6 is 11.8 Å². The number of hydrogen-bond acceptors (Lipinski definition) is 7. The van der Waals surface area contributed by atoms with E-state index in [1.54, 1.807) is 0 Å². The standard InChI is InChI=1S/C21H34FN3O4S/c1-2-3-4-5-6-7-8-9-10-11-12-18(26)28-14-19-29-17(15-30-19)25-13-16(22)20(23)24-21(25)27/h13,17,19H,2-12,14-15H2,1H3,(H2,23,24,27)/t17-,19+/m0/s1. The Bertz CT molecular complexity index is 716. The first-order valence-corrected chi connectivity index (χ1v) is 12.0. The molecule has 170 valence electrons. The smallest absolute Gasteiger partial charge is 0.351 e. The molecule has 0 unspecified atom stereocenters. The predicted octanol–water partition coefficient (Wildman–Crippen LogP) is 4.41. The molecule has 0 aliphatic carbocycles. The number of unbranched alkanes of at least 4 members (excludes halogenated alkanes) is 9. The number of anilines is 1. The van der Waals surface area contributed by atoms with Crippen LogP contribution in [-0.2, 0) is 14.3 Å². The first-order chi connectivity index (χ1) is 14.5. The molecule has 0 radical (unpaired) electrons. The fraction of sp³-hybridized carbons (Fsp3) is 0.762. The van der Waals surface area contributed by atoms with Crippen molar-refractivity contribution < 1.29 is 18.7 Å². The van der Waals surface area contributed by atoms with Crippen molar-refractivity contribution in [2.75, 3.05) is 18.1 Å². The maximum Gasteiger partial charge on any atom is 0.351 e. The molecule has 0 amide bonds. The highest BCUT2D eigenvalue weighted by Gasteiger charge is 2.29. The fourth-order valence-corrected chi connectivity index (χ4v) is 4.32. The number of esters is 1. The van der Waals surface area contributed by atoms with E-state index >= 15 is 0 Å². The van der Waals surface area contributed by atoms with E-state index in [4.69, 9.17) is 15.2 Å². The molecule has 2 atom stereocenters. The number of thioether (sulfide) groups is 1. The van der Waals surface area contributed by atoms with Gasteiger partial charge in [-0.25, -0.2) is 9.18 Å². The van der Waals surface area contributed by atoms with Crippen molar-refractivity contribution in [1.29, 1.82) is 0 Å². The summed E-state index contributed by atoms with van der Waals surface area (Å²) >= 11 is 1.41. The number of ether oxygens (including phenoxy) is 2. The van der Waals surface area contributed by atoms with Gasteiger partial charge < -0.3 is 15.2 Å². The number of halogens is 1. The second kappa shape index (κ2) is 13.6. The molecule has 1 aromatic heterocycles. The third-order valence-corrected chi connectivity index (χ3v) is 6.19. The SMILES string of the molecule is CCCCCCCCCCCCC(=O)OC[C@@H]1O[C@H](n2cc(F)c(N)nc2=O)CS1. The van der Waals surface area contributed by atoms with Crippen LogP contribution in [-0.4, -0.2) is 33.3 Å². The molecule has 1 saturated heterocycles. The van der Waals surface area contributed by atoms with Crippen LogP contribution in [0, 0.1) is 5.82 Å².